The lowest BCUT2D eigenvalue weighted by molar-refractivity contribution is -0.124. The average Bonchev–Trinajstić information content (AvgIpc) is 3.34. The van der Waals surface area contributed by atoms with Gasteiger partial charge in [-0.05, 0) is 49.8 Å². The third kappa shape index (κ3) is 3.29. The van der Waals surface area contributed by atoms with E-state index in [-0.39, 0.29) is 5.78 Å². The highest BCUT2D eigenvalue weighted by Crippen LogP contribution is 2.51. The van der Waals surface area contributed by atoms with Crippen LogP contribution in [0.15, 0.2) is 36.7 Å². The second-order valence-corrected chi connectivity index (χ2v) is 7.18. The SMILES string of the molecule is COc1cccc(C2CC2CC(=O)C(C)(C)c2nccnc2Cl)c1. The highest BCUT2D eigenvalue weighted by atomic mass is 35.5. The molecule has 0 spiro atoms. The molecule has 0 amide bonds. The number of ether oxygens (including phenoxy) is 1. The van der Waals surface area contributed by atoms with Crippen LogP contribution in [0.1, 0.15) is 43.9 Å². The molecule has 2 unspecified atom stereocenters. The molecular formula is C19H21ClN2O2. The van der Waals surface area contributed by atoms with Gasteiger partial charge in [0.15, 0.2) is 5.15 Å². The van der Waals surface area contributed by atoms with Crippen LogP contribution in [0.5, 0.6) is 5.75 Å². The fraction of sp³-hybridized carbons (Fsp3) is 0.421. The van der Waals surface area contributed by atoms with E-state index in [1.54, 1.807) is 13.3 Å². The molecule has 1 heterocycles. The minimum Gasteiger partial charge on any atom is -0.497 e. The summed E-state index contributed by atoms with van der Waals surface area (Å²) in [7, 11) is 1.67. The summed E-state index contributed by atoms with van der Waals surface area (Å²) in [6, 6.07) is 8.09. The zero-order valence-electron chi connectivity index (χ0n) is 14.1. The number of carbonyl (C=O) groups excluding carboxylic acids is 1. The standard InChI is InChI=1S/C19H21ClN2O2/c1-19(2,17-18(20)22-8-7-21-17)16(23)11-13-10-15(13)12-5-4-6-14(9-12)24-3/h4-9,13,15H,10-11H2,1-3H3. The van der Waals surface area contributed by atoms with Gasteiger partial charge in [-0.2, -0.15) is 0 Å². The fourth-order valence-corrected chi connectivity index (χ4v) is 3.46. The van der Waals surface area contributed by atoms with Gasteiger partial charge in [0.05, 0.1) is 18.2 Å². The molecular weight excluding hydrogens is 324 g/mol. The van der Waals surface area contributed by atoms with E-state index < -0.39 is 5.41 Å². The summed E-state index contributed by atoms with van der Waals surface area (Å²) >= 11 is 6.12. The Balaban J connectivity index is 1.69. The molecule has 0 saturated heterocycles. The number of ketones is 1. The Morgan fingerprint density at radius 2 is 2.08 bits per heavy atom. The van der Waals surface area contributed by atoms with Crippen LogP contribution in [-0.4, -0.2) is 22.9 Å². The maximum absolute atomic E-state index is 12.8. The third-order valence-corrected chi connectivity index (χ3v) is 5.11. The Morgan fingerprint density at radius 3 is 2.79 bits per heavy atom. The summed E-state index contributed by atoms with van der Waals surface area (Å²) in [5.41, 5.74) is 1.06. The Kier molecular flexibility index (Phi) is 4.59. The molecule has 0 bridgehead atoms. The number of methoxy groups -OCH3 is 1. The molecule has 2 aromatic rings. The lowest BCUT2D eigenvalue weighted by Gasteiger charge is -2.23. The first-order chi connectivity index (χ1) is 11.4. The smallest absolute Gasteiger partial charge is 0.151 e. The van der Waals surface area contributed by atoms with E-state index in [1.165, 1.54) is 11.8 Å². The summed E-state index contributed by atoms with van der Waals surface area (Å²) in [6.45, 7) is 3.74. The summed E-state index contributed by atoms with van der Waals surface area (Å²) in [5, 5.41) is 0.302. The topological polar surface area (TPSA) is 52.1 Å². The van der Waals surface area contributed by atoms with E-state index in [4.69, 9.17) is 16.3 Å². The Hall–Kier alpha value is -1.94. The molecule has 4 nitrogen and oxygen atoms in total. The molecule has 126 valence electrons. The van der Waals surface area contributed by atoms with E-state index >= 15 is 0 Å². The van der Waals surface area contributed by atoms with Crippen molar-refractivity contribution in [1.29, 1.82) is 0 Å². The van der Waals surface area contributed by atoms with Crippen molar-refractivity contribution in [2.45, 2.75) is 38.0 Å². The number of rotatable bonds is 6. The van der Waals surface area contributed by atoms with Crippen molar-refractivity contribution >= 4 is 17.4 Å². The molecule has 2 atom stereocenters. The van der Waals surface area contributed by atoms with Crippen molar-refractivity contribution < 1.29 is 9.53 Å². The molecule has 1 aromatic heterocycles. The van der Waals surface area contributed by atoms with Crippen molar-refractivity contribution in [3.63, 3.8) is 0 Å². The quantitative estimate of drug-likeness (QED) is 0.788. The second kappa shape index (κ2) is 6.52. The van der Waals surface area contributed by atoms with Crippen molar-refractivity contribution in [3.05, 3.63) is 53.1 Å². The normalized spacial score (nSPS) is 19.8. The first kappa shape index (κ1) is 16.9. The first-order valence-corrected chi connectivity index (χ1v) is 8.45. The van der Waals surface area contributed by atoms with Gasteiger partial charge < -0.3 is 4.74 Å². The summed E-state index contributed by atoms with van der Waals surface area (Å²) in [6.07, 6.45) is 4.67. The number of benzene rings is 1. The van der Waals surface area contributed by atoms with E-state index in [1.807, 2.05) is 26.0 Å². The average molecular weight is 345 g/mol. The molecule has 1 aliphatic carbocycles. The molecule has 0 radical (unpaired) electrons. The number of hydrogen-bond acceptors (Lipinski definition) is 4. The van der Waals surface area contributed by atoms with Crippen molar-refractivity contribution in [3.8, 4) is 5.75 Å². The van der Waals surface area contributed by atoms with Crippen LogP contribution in [0.25, 0.3) is 0 Å². The molecule has 1 fully saturated rings. The largest absolute Gasteiger partial charge is 0.497 e. The van der Waals surface area contributed by atoms with Crippen LogP contribution in [0, 0.1) is 5.92 Å². The second-order valence-electron chi connectivity index (χ2n) is 6.83. The predicted octanol–water partition coefficient (Wildman–Crippen LogP) is 4.18. The summed E-state index contributed by atoms with van der Waals surface area (Å²) in [5.74, 6) is 1.81. The first-order valence-electron chi connectivity index (χ1n) is 8.07. The summed E-state index contributed by atoms with van der Waals surface area (Å²) in [4.78, 5) is 21.1. The molecule has 0 aliphatic heterocycles. The van der Waals surface area contributed by atoms with Gasteiger partial charge in [-0.15, -0.1) is 0 Å². The lowest BCUT2D eigenvalue weighted by Crippen LogP contribution is -2.31. The number of aromatic nitrogens is 2. The molecule has 0 N–H and O–H groups in total. The summed E-state index contributed by atoms with van der Waals surface area (Å²) < 4.78 is 5.28. The minimum absolute atomic E-state index is 0.153. The van der Waals surface area contributed by atoms with Gasteiger partial charge in [0.2, 0.25) is 0 Å². The van der Waals surface area contributed by atoms with E-state index in [0.717, 1.165) is 12.2 Å². The number of carbonyl (C=O) groups is 1. The van der Waals surface area contributed by atoms with Gasteiger partial charge in [-0.1, -0.05) is 23.7 Å². The van der Waals surface area contributed by atoms with Crippen LogP contribution in [-0.2, 0) is 10.2 Å². The maximum atomic E-state index is 12.8. The zero-order valence-corrected chi connectivity index (χ0v) is 14.9. The van der Waals surface area contributed by atoms with Crippen molar-refractivity contribution in [2.75, 3.05) is 7.11 Å². The van der Waals surface area contributed by atoms with Crippen molar-refractivity contribution in [1.82, 2.24) is 9.97 Å². The predicted molar refractivity (Wildman–Crippen MR) is 93.5 cm³/mol. The third-order valence-electron chi connectivity index (χ3n) is 4.83. The highest BCUT2D eigenvalue weighted by Gasteiger charge is 2.43. The van der Waals surface area contributed by atoms with Crippen LogP contribution in [0.2, 0.25) is 5.15 Å². The zero-order chi connectivity index (χ0) is 17.3. The van der Waals surface area contributed by atoms with Gasteiger partial charge >= 0.3 is 0 Å². The lowest BCUT2D eigenvalue weighted by atomic mass is 9.82. The van der Waals surface area contributed by atoms with Gasteiger partial charge in [0.1, 0.15) is 11.5 Å². The molecule has 3 rings (SSSR count). The van der Waals surface area contributed by atoms with Crippen LogP contribution >= 0.6 is 11.6 Å². The van der Waals surface area contributed by atoms with E-state index in [2.05, 4.69) is 22.1 Å². The minimum atomic E-state index is -0.729. The number of nitrogens with zero attached hydrogens (tertiary/aromatic N) is 2. The fourth-order valence-electron chi connectivity index (χ4n) is 3.12. The molecule has 1 aliphatic rings. The molecule has 24 heavy (non-hydrogen) atoms. The van der Waals surface area contributed by atoms with E-state index in [9.17, 15) is 4.79 Å². The van der Waals surface area contributed by atoms with Gasteiger partial charge in [-0.25, -0.2) is 4.98 Å². The highest BCUT2D eigenvalue weighted by molar-refractivity contribution is 6.30. The number of hydrogen-bond donors (Lipinski definition) is 0. The van der Waals surface area contributed by atoms with Crippen molar-refractivity contribution in [2.24, 2.45) is 5.92 Å². The van der Waals surface area contributed by atoms with Gasteiger partial charge in [0, 0.05) is 18.8 Å². The van der Waals surface area contributed by atoms with Gasteiger partial charge in [-0.3, -0.25) is 9.78 Å². The number of halogens is 1. The Labute approximate surface area is 147 Å². The molecule has 5 heteroatoms. The monoisotopic (exact) mass is 344 g/mol. The van der Waals surface area contributed by atoms with E-state index in [0.29, 0.717) is 29.1 Å². The molecule has 1 aromatic carbocycles. The van der Waals surface area contributed by atoms with Gasteiger partial charge in [0.25, 0.3) is 0 Å². The number of Topliss-reactive ketones (excluding diaryl/α,β-unsaturated/α-hetero) is 1. The Bertz CT molecular complexity index is 761. The van der Waals surface area contributed by atoms with Crippen LogP contribution in [0.3, 0.4) is 0 Å². The van der Waals surface area contributed by atoms with Crippen LogP contribution in [0.4, 0.5) is 0 Å². The maximum Gasteiger partial charge on any atom is 0.151 e. The molecule has 1 saturated carbocycles. The Morgan fingerprint density at radius 1 is 1.33 bits per heavy atom. The van der Waals surface area contributed by atoms with Crippen LogP contribution < -0.4 is 4.74 Å².